The first-order valence-electron chi connectivity index (χ1n) is 9.80. The molecule has 3 rings (SSSR count). The number of hydrogen-bond acceptors (Lipinski definition) is 3. The van der Waals surface area contributed by atoms with Gasteiger partial charge in [0.2, 0.25) is 0 Å². The number of carbonyl (C=O) groups excluding carboxylic acids is 1. The number of hydrogen-bond donors (Lipinski definition) is 2. The number of carbonyl (C=O) groups is 1. The Morgan fingerprint density at radius 1 is 1.22 bits per heavy atom. The van der Waals surface area contributed by atoms with Crippen LogP contribution in [0.2, 0.25) is 10.0 Å². The quantitative estimate of drug-likeness (QED) is 0.418. The molecule has 170 valence electrons. The maximum absolute atomic E-state index is 14.2. The summed E-state index contributed by atoms with van der Waals surface area (Å²) in [5.41, 5.74) is 2.58. The fourth-order valence-corrected chi connectivity index (χ4v) is 4.09. The van der Waals surface area contributed by atoms with Crippen LogP contribution in [0.3, 0.4) is 0 Å². The van der Waals surface area contributed by atoms with Gasteiger partial charge in [-0.15, -0.1) is 0 Å². The van der Waals surface area contributed by atoms with Gasteiger partial charge in [0.05, 0.1) is 12.8 Å². The summed E-state index contributed by atoms with van der Waals surface area (Å²) >= 11 is 12.0. The van der Waals surface area contributed by atoms with Gasteiger partial charge in [-0.25, -0.2) is 10.2 Å². The lowest BCUT2D eigenvalue weighted by atomic mass is 9.76. The molecule has 1 aliphatic heterocycles. The minimum atomic E-state index is -4.54. The van der Waals surface area contributed by atoms with Crippen LogP contribution in [0.15, 0.2) is 46.5 Å². The number of rotatable bonds is 5. The van der Waals surface area contributed by atoms with E-state index in [4.69, 9.17) is 23.2 Å². The lowest BCUT2D eigenvalue weighted by Gasteiger charge is -2.31. The lowest BCUT2D eigenvalue weighted by Crippen LogP contribution is -2.43. The molecule has 5 nitrogen and oxygen atoms in total. The van der Waals surface area contributed by atoms with E-state index >= 15 is 0 Å². The largest absolute Gasteiger partial charge is 0.400 e. The normalized spacial score (nSPS) is 18.7. The second-order valence-electron chi connectivity index (χ2n) is 7.48. The Morgan fingerprint density at radius 3 is 2.50 bits per heavy atom. The molecule has 0 spiro atoms. The fraction of sp³-hybridized carbons (Fsp3) is 0.318. The van der Waals surface area contributed by atoms with E-state index in [0.717, 1.165) is 5.56 Å². The number of hydrazone groups is 1. The molecule has 2 aromatic rings. The summed E-state index contributed by atoms with van der Waals surface area (Å²) in [5.74, 6) is 0. The maximum Gasteiger partial charge on any atom is 0.400 e. The van der Waals surface area contributed by atoms with E-state index in [9.17, 15) is 18.0 Å². The zero-order valence-electron chi connectivity index (χ0n) is 17.4. The van der Waals surface area contributed by atoms with Crippen LogP contribution < -0.4 is 10.7 Å². The average Bonchev–Trinajstić information content (AvgIpc) is 3.15. The number of alkyl halides is 3. The lowest BCUT2D eigenvalue weighted by molar-refractivity contribution is -0.183. The van der Waals surface area contributed by atoms with Crippen molar-refractivity contribution in [3.05, 3.63) is 68.7 Å². The third-order valence-electron chi connectivity index (χ3n) is 5.28. The molecule has 0 bridgehead atoms. The van der Waals surface area contributed by atoms with E-state index < -0.39 is 24.2 Å². The summed E-state index contributed by atoms with van der Waals surface area (Å²) < 4.78 is 42.7. The van der Waals surface area contributed by atoms with Crippen LogP contribution in [0.25, 0.3) is 0 Å². The summed E-state index contributed by atoms with van der Waals surface area (Å²) in [7, 11) is 0. The first kappa shape index (κ1) is 24.1. The minimum absolute atomic E-state index is 0.00171. The summed E-state index contributed by atoms with van der Waals surface area (Å²) in [6.45, 7) is 3.62. The Balaban J connectivity index is 1.84. The van der Waals surface area contributed by atoms with Gasteiger partial charge in [0.25, 0.3) is 0 Å². The van der Waals surface area contributed by atoms with Gasteiger partial charge >= 0.3 is 12.2 Å². The van der Waals surface area contributed by atoms with E-state index in [1.807, 2.05) is 0 Å². The second kappa shape index (κ2) is 9.50. The van der Waals surface area contributed by atoms with Gasteiger partial charge in [0, 0.05) is 28.7 Å². The second-order valence-corrected chi connectivity index (χ2v) is 8.35. The predicted molar refractivity (Wildman–Crippen MR) is 121 cm³/mol. The first-order chi connectivity index (χ1) is 15.1. The van der Waals surface area contributed by atoms with E-state index in [1.165, 1.54) is 24.4 Å². The van der Waals surface area contributed by atoms with Crippen molar-refractivity contribution in [2.24, 2.45) is 10.1 Å². The van der Waals surface area contributed by atoms with Gasteiger partial charge in [-0.3, -0.25) is 4.99 Å². The van der Waals surface area contributed by atoms with Crippen LogP contribution in [0, 0.1) is 6.92 Å². The molecule has 2 amide bonds. The molecule has 0 fully saturated rings. The highest BCUT2D eigenvalue weighted by atomic mass is 35.5. The van der Waals surface area contributed by atoms with Gasteiger partial charge in [-0.1, -0.05) is 35.3 Å². The van der Waals surface area contributed by atoms with Crippen molar-refractivity contribution in [2.75, 3.05) is 13.1 Å². The molecule has 10 heteroatoms. The molecule has 2 N–H and O–H groups in total. The van der Waals surface area contributed by atoms with Crippen molar-refractivity contribution < 1.29 is 18.0 Å². The van der Waals surface area contributed by atoms with Crippen molar-refractivity contribution in [1.82, 2.24) is 10.7 Å². The minimum Gasteiger partial charge on any atom is -0.337 e. The fourth-order valence-electron chi connectivity index (χ4n) is 3.56. The summed E-state index contributed by atoms with van der Waals surface area (Å²) in [4.78, 5) is 15.6. The zero-order valence-corrected chi connectivity index (χ0v) is 18.9. The van der Waals surface area contributed by atoms with Crippen LogP contribution in [-0.2, 0) is 5.41 Å². The Morgan fingerprint density at radius 2 is 1.91 bits per heavy atom. The van der Waals surface area contributed by atoms with Gasteiger partial charge < -0.3 is 5.32 Å². The highest BCUT2D eigenvalue weighted by molar-refractivity contribution is 6.34. The van der Waals surface area contributed by atoms with Crippen molar-refractivity contribution in [2.45, 2.75) is 31.9 Å². The van der Waals surface area contributed by atoms with Gasteiger partial charge in [0.15, 0.2) is 0 Å². The van der Waals surface area contributed by atoms with E-state index in [2.05, 4.69) is 20.8 Å². The van der Waals surface area contributed by atoms with Gasteiger partial charge in [-0.05, 0) is 60.4 Å². The van der Waals surface area contributed by atoms with Crippen molar-refractivity contribution in [1.29, 1.82) is 0 Å². The highest BCUT2D eigenvalue weighted by Crippen LogP contribution is 2.48. The molecule has 2 aromatic carbocycles. The molecular weight excluding hydrogens is 464 g/mol. The Bertz CT molecular complexity index is 1070. The number of aliphatic imine (C=N–C) groups is 1. The third-order valence-corrected chi connectivity index (χ3v) is 5.71. The number of nitrogens with one attached hydrogen (secondary N) is 2. The Hall–Kier alpha value is -2.58. The standard InChI is InChI=1S/C22H21Cl2F3N4O/c1-3-28-20(32)31-30-11-15-5-4-14(6-13(15)2)19-10-21(12-29-19,22(25,26)27)16-7-17(23)9-18(24)8-16/h4-9,11H,3,10,12H2,1-2H3,(H2,28,31,32)/b30-11+. The predicted octanol–water partition coefficient (Wildman–Crippen LogP) is 5.65. The summed E-state index contributed by atoms with van der Waals surface area (Å²) in [5, 5.41) is 6.70. The maximum atomic E-state index is 14.2. The number of aryl methyl sites for hydroxylation is 1. The zero-order chi connectivity index (χ0) is 23.5. The van der Waals surface area contributed by atoms with Gasteiger partial charge in [-0.2, -0.15) is 18.3 Å². The van der Waals surface area contributed by atoms with E-state index in [0.29, 0.717) is 23.4 Å². The van der Waals surface area contributed by atoms with Crippen LogP contribution in [-0.4, -0.2) is 37.2 Å². The van der Waals surface area contributed by atoms with Crippen molar-refractivity contribution in [3.8, 4) is 0 Å². The number of halogens is 5. The average molecular weight is 485 g/mol. The van der Waals surface area contributed by atoms with Gasteiger partial charge in [0.1, 0.15) is 5.41 Å². The smallest absolute Gasteiger partial charge is 0.337 e. The first-order valence-corrected chi connectivity index (χ1v) is 10.6. The number of urea groups is 1. The molecule has 0 aromatic heterocycles. The molecule has 0 aliphatic carbocycles. The molecule has 1 heterocycles. The Labute approximate surface area is 193 Å². The molecule has 32 heavy (non-hydrogen) atoms. The van der Waals surface area contributed by atoms with Crippen LogP contribution >= 0.6 is 23.2 Å². The van der Waals surface area contributed by atoms with Crippen LogP contribution in [0.5, 0.6) is 0 Å². The van der Waals surface area contributed by atoms with Crippen molar-refractivity contribution >= 4 is 41.2 Å². The number of amides is 2. The molecule has 1 unspecified atom stereocenters. The SMILES string of the molecule is CCNC(=O)N/N=C/c1ccc(C2=NCC(c3cc(Cl)cc(Cl)c3)(C(F)(F)F)C2)cc1C. The molecule has 0 radical (unpaired) electrons. The summed E-state index contributed by atoms with van der Waals surface area (Å²) in [6.07, 6.45) is -3.39. The monoisotopic (exact) mass is 484 g/mol. The Kier molecular flexibility index (Phi) is 7.15. The number of nitrogens with zero attached hydrogens (tertiary/aromatic N) is 2. The molecular formula is C22H21Cl2F3N4O. The van der Waals surface area contributed by atoms with Crippen molar-refractivity contribution in [3.63, 3.8) is 0 Å². The molecule has 0 saturated carbocycles. The summed E-state index contributed by atoms with van der Waals surface area (Å²) in [6, 6.07) is 8.73. The highest BCUT2D eigenvalue weighted by Gasteiger charge is 2.58. The molecule has 1 atom stereocenters. The van der Waals surface area contributed by atoms with Crippen LogP contribution in [0.1, 0.15) is 35.6 Å². The van der Waals surface area contributed by atoms with Crippen LogP contribution in [0.4, 0.5) is 18.0 Å². The third kappa shape index (κ3) is 5.07. The van der Waals surface area contributed by atoms with E-state index in [-0.39, 0.29) is 22.0 Å². The molecule has 1 aliphatic rings. The topological polar surface area (TPSA) is 65.8 Å². The number of benzene rings is 2. The van der Waals surface area contributed by atoms with E-state index in [1.54, 1.807) is 32.0 Å². The molecule has 0 saturated heterocycles.